The molecule has 19 heavy (non-hydrogen) atoms. The van der Waals surface area contributed by atoms with Gasteiger partial charge in [-0.1, -0.05) is 0 Å². The summed E-state index contributed by atoms with van der Waals surface area (Å²) < 4.78 is 27.9. The lowest BCUT2D eigenvalue weighted by Gasteiger charge is -2.13. The predicted molar refractivity (Wildman–Crippen MR) is 69.6 cm³/mol. The molecule has 0 aliphatic carbocycles. The van der Waals surface area contributed by atoms with E-state index in [0.29, 0.717) is 12.1 Å². The second kappa shape index (κ2) is 5.48. The molecule has 0 aliphatic heterocycles. The molecular formula is C14H17F2N3. The summed E-state index contributed by atoms with van der Waals surface area (Å²) in [7, 11) is 1.88. The van der Waals surface area contributed by atoms with E-state index in [-0.39, 0.29) is 6.04 Å². The van der Waals surface area contributed by atoms with E-state index in [0.717, 1.165) is 17.3 Å². The fourth-order valence-electron chi connectivity index (χ4n) is 2.03. The maximum atomic E-state index is 13.1. The van der Waals surface area contributed by atoms with Gasteiger partial charge in [-0.25, -0.2) is 8.78 Å². The number of hydrogen-bond acceptors (Lipinski definition) is 2. The highest BCUT2D eigenvalue weighted by molar-refractivity contribution is 5.21. The Balaban J connectivity index is 2.04. The van der Waals surface area contributed by atoms with E-state index in [2.05, 4.69) is 10.4 Å². The predicted octanol–water partition coefficient (Wildman–Crippen LogP) is 2.86. The summed E-state index contributed by atoms with van der Waals surface area (Å²) in [4.78, 5) is 0. The molecule has 0 saturated carbocycles. The van der Waals surface area contributed by atoms with Crippen LogP contribution in [0, 0.1) is 18.6 Å². The fraction of sp³-hybridized carbons (Fsp3) is 0.357. The Bertz CT molecular complexity index is 558. The number of halogens is 2. The molecule has 2 rings (SSSR count). The van der Waals surface area contributed by atoms with E-state index < -0.39 is 11.6 Å². The van der Waals surface area contributed by atoms with Crippen molar-refractivity contribution in [1.29, 1.82) is 0 Å². The molecular weight excluding hydrogens is 248 g/mol. The van der Waals surface area contributed by atoms with Crippen LogP contribution in [0.15, 0.2) is 24.4 Å². The van der Waals surface area contributed by atoms with Crippen LogP contribution in [-0.2, 0) is 13.6 Å². The number of benzene rings is 1. The average molecular weight is 265 g/mol. The molecule has 0 spiro atoms. The van der Waals surface area contributed by atoms with Crippen LogP contribution in [0.1, 0.15) is 29.8 Å². The maximum absolute atomic E-state index is 13.1. The van der Waals surface area contributed by atoms with E-state index in [1.165, 1.54) is 12.1 Å². The zero-order valence-electron chi connectivity index (χ0n) is 11.2. The van der Waals surface area contributed by atoms with Gasteiger partial charge in [-0.15, -0.1) is 0 Å². The van der Waals surface area contributed by atoms with E-state index in [9.17, 15) is 8.78 Å². The molecule has 0 fully saturated rings. The topological polar surface area (TPSA) is 29.9 Å². The summed E-state index contributed by atoms with van der Waals surface area (Å²) in [5, 5.41) is 7.41. The van der Waals surface area contributed by atoms with Crippen LogP contribution in [0.2, 0.25) is 0 Å². The zero-order valence-corrected chi connectivity index (χ0v) is 11.2. The van der Waals surface area contributed by atoms with Crippen LogP contribution < -0.4 is 5.32 Å². The lowest BCUT2D eigenvalue weighted by Crippen LogP contribution is -2.18. The third kappa shape index (κ3) is 3.17. The van der Waals surface area contributed by atoms with Gasteiger partial charge in [-0.2, -0.15) is 5.10 Å². The van der Waals surface area contributed by atoms with Crippen molar-refractivity contribution < 1.29 is 8.78 Å². The fourth-order valence-corrected chi connectivity index (χ4v) is 2.03. The summed E-state index contributed by atoms with van der Waals surface area (Å²) in [5.74, 6) is -1.11. The minimum Gasteiger partial charge on any atom is -0.306 e. The largest absolute Gasteiger partial charge is 0.306 e. The van der Waals surface area contributed by atoms with Crippen molar-refractivity contribution in [3.05, 3.63) is 52.9 Å². The molecule has 1 N–H and O–H groups in total. The van der Waals surface area contributed by atoms with Crippen LogP contribution in [0.25, 0.3) is 0 Å². The van der Waals surface area contributed by atoms with Crippen molar-refractivity contribution >= 4 is 0 Å². The average Bonchev–Trinajstić information content (AvgIpc) is 2.66. The first-order valence-corrected chi connectivity index (χ1v) is 6.14. The molecule has 1 heterocycles. The Hall–Kier alpha value is -1.75. The standard InChI is InChI=1S/C14H17F2N3/c1-9(14-8-18-19(3)10(14)2)17-7-11-4-12(15)6-13(16)5-11/h4-6,8-9,17H,7H2,1-3H3. The molecule has 1 aromatic carbocycles. The molecule has 2 aromatic rings. The minimum absolute atomic E-state index is 0.0695. The maximum Gasteiger partial charge on any atom is 0.126 e. The lowest BCUT2D eigenvalue weighted by atomic mass is 10.1. The van der Waals surface area contributed by atoms with Crippen molar-refractivity contribution in [2.24, 2.45) is 7.05 Å². The van der Waals surface area contributed by atoms with Gasteiger partial charge < -0.3 is 5.32 Å². The van der Waals surface area contributed by atoms with Crippen LogP contribution in [0.5, 0.6) is 0 Å². The normalized spacial score (nSPS) is 12.7. The van der Waals surface area contributed by atoms with Crippen LogP contribution in [0.4, 0.5) is 8.78 Å². The van der Waals surface area contributed by atoms with Crippen LogP contribution in [-0.4, -0.2) is 9.78 Å². The van der Waals surface area contributed by atoms with Crippen molar-refractivity contribution in [2.75, 3.05) is 0 Å². The van der Waals surface area contributed by atoms with E-state index in [4.69, 9.17) is 0 Å². The molecule has 1 unspecified atom stereocenters. The Morgan fingerprint density at radius 2 is 1.89 bits per heavy atom. The van der Waals surface area contributed by atoms with Crippen molar-refractivity contribution in [2.45, 2.75) is 26.4 Å². The van der Waals surface area contributed by atoms with Crippen LogP contribution >= 0.6 is 0 Å². The van der Waals surface area contributed by atoms with Gasteiger partial charge in [0.2, 0.25) is 0 Å². The SMILES string of the molecule is Cc1c(C(C)NCc2cc(F)cc(F)c2)cnn1C. The highest BCUT2D eigenvalue weighted by atomic mass is 19.1. The number of rotatable bonds is 4. The molecule has 1 aromatic heterocycles. The Morgan fingerprint density at radius 3 is 2.42 bits per heavy atom. The second-order valence-electron chi connectivity index (χ2n) is 4.69. The van der Waals surface area contributed by atoms with Gasteiger partial charge in [0.15, 0.2) is 0 Å². The summed E-state index contributed by atoms with van der Waals surface area (Å²) in [6.07, 6.45) is 1.80. The van der Waals surface area contributed by atoms with E-state index in [1.54, 1.807) is 10.9 Å². The van der Waals surface area contributed by atoms with E-state index in [1.807, 2.05) is 20.9 Å². The summed E-state index contributed by atoms with van der Waals surface area (Å²) in [6, 6.07) is 3.61. The minimum atomic E-state index is -0.554. The zero-order chi connectivity index (χ0) is 14.0. The molecule has 5 heteroatoms. The first kappa shape index (κ1) is 13.7. The first-order chi connectivity index (χ1) is 8.97. The first-order valence-electron chi connectivity index (χ1n) is 6.14. The molecule has 0 saturated heterocycles. The summed E-state index contributed by atoms with van der Waals surface area (Å²) in [6.45, 7) is 4.40. The van der Waals surface area contributed by atoms with Gasteiger partial charge in [0.1, 0.15) is 11.6 Å². The number of nitrogens with one attached hydrogen (secondary N) is 1. The number of aryl methyl sites for hydroxylation is 1. The monoisotopic (exact) mass is 265 g/mol. The quantitative estimate of drug-likeness (QED) is 0.921. The van der Waals surface area contributed by atoms with Crippen LogP contribution in [0.3, 0.4) is 0 Å². The van der Waals surface area contributed by atoms with Gasteiger partial charge in [0, 0.05) is 37.0 Å². The molecule has 0 radical (unpaired) electrons. The summed E-state index contributed by atoms with van der Waals surface area (Å²) >= 11 is 0. The van der Waals surface area contributed by atoms with Crippen molar-refractivity contribution in [3.63, 3.8) is 0 Å². The van der Waals surface area contributed by atoms with Crippen molar-refractivity contribution in [3.8, 4) is 0 Å². The lowest BCUT2D eigenvalue weighted by molar-refractivity contribution is 0.552. The third-order valence-electron chi connectivity index (χ3n) is 3.27. The van der Waals surface area contributed by atoms with Gasteiger partial charge in [-0.05, 0) is 31.5 Å². The highest BCUT2D eigenvalue weighted by Crippen LogP contribution is 2.17. The number of nitrogens with zero attached hydrogens (tertiary/aromatic N) is 2. The molecule has 1 atom stereocenters. The molecule has 0 bridgehead atoms. The van der Waals surface area contributed by atoms with E-state index >= 15 is 0 Å². The molecule has 3 nitrogen and oxygen atoms in total. The molecule has 0 amide bonds. The molecule has 0 aliphatic rings. The van der Waals surface area contributed by atoms with Gasteiger partial charge in [0.05, 0.1) is 6.20 Å². The van der Waals surface area contributed by atoms with Gasteiger partial charge in [-0.3, -0.25) is 4.68 Å². The van der Waals surface area contributed by atoms with Gasteiger partial charge >= 0.3 is 0 Å². The third-order valence-corrected chi connectivity index (χ3v) is 3.27. The molecule has 102 valence electrons. The second-order valence-corrected chi connectivity index (χ2v) is 4.69. The van der Waals surface area contributed by atoms with Gasteiger partial charge in [0.25, 0.3) is 0 Å². The summed E-state index contributed by atoms with van der Waals surface area (Å²) in [5.41, 5.74) is 2.75. The Morgan fingerprint density at radius 1 is 1.26 bits per heavy atom. The number of hydrogen-bond donors (Lipinski definition) is 1. The highest BCUT2D eigenvalue weighted by Gasteiger charge is 2.11. The Kier molecular flexibility index (Phi) is 3.95. The van der Waals surface area contributed by atoms with Crippen molar-refractivity contribution in [1.82, 2.24) is 15.1 Å². The number of aromatic nitrogens is 2. The Labute approximate surface area is 111 Å². The smallest absolute Gasteiger partial charge is 0.126 e.